The molecule has 3 saturated carbocycles. The van der Waals surface area contributed by atoms with Crippen molar-refractivity contribution >= 4 is 5.78 Å². The second-order valence-electron chi connectivity index (χ2n) is 14.6. The average molecular weight is 481 g/mol. The maximum atomic E-state index is 14.3. The predicted molar refractivity (Wildman–Crippen MR) is 136 cm³/mol. The minimum Gasteiger partial charge on any atom is -0.382 e. The second-order valence-corrected chi connectivity index (χ2v) is 14.6. The molecule has 5 aliphatic carbocycles. The van der Waals surface area contributed by atoms with Gasteiger partial charge in [-0.05, 0) is 99.0 Å². The lowest BCUT2D eigenvalue weighted by molar-refractivity contribution is -0.170. The van der Waals surface area contributed by atoms with E-state index in [1.807, 2.05) is 6.92 Å². The minimum atomic E-state index is -1.08. The summed E-state index contributed by atoms with van der Waals surface area (Å²) in [6, 6.07) is 0. The van der Waals surface area contributed by atoms with Gasteiger partial charge in [0.15, 0.2) is 11.5 Å². The molecule has 5 heteroatoms. The Morgan fingerprint density at radius 3 is 2.49 bits per heavy atom. The molecule has 2 N–H and O–H groups in total. The topological polar surface area (TPSA) is 75.4 Å². The van der Waals surface area contributed by atoms with E-state index in [9.17, 15) is 9.90 Å². The van der Waals surface area contributed by atoms with Crippen LogP contribution >= 0.6 is 0 Å². The van der Waals surface area contributed by atoms with Crippen LogP contribution in [0.4, 0.5) is 0 Å². The Bertz CT molecular complexity index is 1120. The summed E-state index contributed by atoms with van der Waals surface area (Å²) < 4.78 is 5.56. The summed E-state index contributed by atoms with van der Waals surface area (Å²) in [6.07, 6.45) is 12.3. The maximum Gasteiger partial charge on any atom is 0.171 e. The summed E-state index contributed by atoms with van der Waals surface area (Å²) >= 11 is 0. The summed E-state index contributed by atoms with van der Waals surface area (Å²) in [6.45, 7) is 13.9. The Hall–Kier alpha value is -1.46. The maximum absolute atomic E-state index is 14.3. The lowest BCUT2D eigenvalue weighted by Crippen LogP contribution is -2.69. The molecule has 5 nitrogen and oxygen atoms in total. The number of carbonyl (C=O) groups excluding carboxylic acids is 1. The number of rotatable bonds is 1. The first-order chi connectivity index (χ1) is 16.2. The molecule has 35 heavy (non-hydrogen) atoms. The molecular weight excluding hydrogens is 436 g/mol. The molecule has 0 spiro atoms. The van der Waals surface area contributed by atoms with Gasteiger partial charge in [-0.1, -0.05) is 45.3 Å². The highest BCUT2D eigenvalue weighted by Crippen LogP contribution is 2.73. The normalized spacial score (nSPS) is 50.2. The van der Waals surface area contributed by atoms with Gasteiger partial charge in [0.25, 0.3) is 0 Å². The third kappa shape index (κ3) is 2.78. The van der Waals surface area contributed by atoms with Crippen LogP contribution in [0.5, 0.6) is 0 Å². The molecule has 192 valence electrons. The lowest BCUT2D eigenvalue weighted by atomic mass is 9.35. The van der Waals surface area contributed by atoms with Gasteiger partial charge >= 0.3 is 0 Å². The summed E-state index contributed by atoms with van der Waals surface area (Å²) in [5, 5.41) is 19.5. The molecule has 0 saturated heterocycles. The highest BCUT2D eigenvalue weighted by atomic mass is 16.5. The van der Waals surface area contributed by atoms with Gasteiger partial charge in [0, 0.05) is 22.9 Å². The second kappa shape index (κ2) is 6.89. The van der Waals surface area contributed by atoms with Gasteiger partial charge in [0.1, 0.15) is 5.60 Å². The monoisotopic (exact) mass is 480 g/mol. The van der Waals surface area contributed by atoms with Crippen LogP contribution in [0.1, 0.15) is 97.8 Å². The Labute approximate surface area is 210 Å². The number of aromatic nitrogens is 1. The highest BCUT2D eigenvalue weighted by molar-refractivity contribution is 5.95. The van der Waals surface area contributed by atoms with Crippen LogP contribution in [-0.2, 0) is 16.8 Å². The minimum absolute atomic E-state index is 0.0105. The van der Waals surface area contributed by atoms with Crippen molar-refractivity contribution in [1.82, 2.24) is 10.5 Å². The number of aliphatic hydroxyl groups is 1. The van der Waals surface area contributed by atoms with Crippen LogP contribution in [-0.4, -0.2) is 28.6 Å². The zero-order valence-corrected chi connectivity index (χ0v) is 22.8. The summed E-state index contributed by atoms with van der Waals surface area (Å²) in [4.78, 5) is 14.3. The van der Waals surface area contributed by atoms with Crippen molar-refractivity contribution in [3.63, 3.8) is 0 Å². The number of carbonyl (C=O) groups is 1. The Balaban J connectivity index is 1.50. The first kappa shape index (κ1) is 23.9. The molecule has 1 heterocycles. The van der Waals surface area contributed by atoms with Gasteiger partial charge in [-0.2, -0.15) is 0 Å². The third-order valence-corrected chi connectivity index (χ3v) is 12.5. The molecular formula is C30H44N2O3. The molecule has 0 aromatic carbocycles. The molecule has 0 unspecified atom stereocenters. The van der Waals surface area contributed by atoms with E-state index in [4.69, 9.17) is 4.52 Å². The van der Waals surface area contributed by atoms with E-state index >= 15 is 0 Å². The predicted octanol–water partition coefficient (Wildman–Crippen LogP) is 5.57. The van der Waals surface area contributed by atoms with E-state index < -0.39 is 5.60 Å². The Morgan fingerprint density at radius 2 is 1.77 bits per heavy atom. The zero-order valence-electron chi connectivity index (χ0n) is 22.8. The van der Waals surface area contributed by atoms with E-state index in [0.29, 0.717) is 17.5 Å². The smallest absolute Gasteiger partial charge is 0.171 e. The zero-order chi connectivity index (χ0) is 25.2. The van der Waals surface area contributed by atoms with Crippen LogP contribution in [0, 0.1) is 39.4 Å². The van der Waals surface area contributed by atoms with Crippen LogP contribution < -0.4 is 5.32 Å². The van der Waals surface area contributed by atoms with Gasteiger partial charge in [-0.25, -0.2) is 0 Å². The SMILES string of the molecule is CN[C@]12CCC(C)(C)C[C@H]1[C@H]1C(=O)C=C3[C@@]4(C)Cc5cnoc5[C@@](C)(O)[C@@H]4CC[C@@]3(C)[C@]1(C)CC2. The van der Waals surface area contributed by atoms with Crippen molar-refractivity contribution in [2.45, 2.75) is 104 Å². The first-order valence-corrected chi connectivity index (χ1v) is 13.9. The van der Waals surface area contributed by atoms with Crippen LogP contribution in [0.15, 0.2) is 22.4 Å². The molecule has 0 aliphatic heterocycles. The van der Waals surface area contributed by atoms with Crippen molar-refractivity contribution < 1.29 is 14.4 Å². The van der Waals surface area contributed by atoms with Gasteiger partial charge < -0.3 is 14.9 Å². The van der Waals surface area contributed by atoms with Crippen LogP contribution in [0.3, 0.4) is 0 Å². The quantitative estimate of drug-likeness (QED) is 0.550. The van der Waals surface area contributed by atoms with Crippen molar-refractivity contribution in [2.75, 3.05) is 7.05 Å². The highest BCUT2D eigenvalue weighted by Gasteiger charge is 2.70. The first-order valence-electron chi connectivity index (χ1n) is 13.9. The van der Waals surface area contributed by atoms with Crippen LogP contribution in [0.25, 0.3) is 0 Å². The molecule has 8 atom stereocenters. The summed E-state index contributed by atoms with van der Waals surface area (Å²) in [7, 11) is 2.12. The van der Waals surface area contributed by atoms with E-state index in [2.05, 4.69) is 58.2 Å². The lowest BCUT2D eigenvalue weighted by Gasteiger charge is -2.69. The fourth-order valence-corrected chi connectivity index (χ4v) is 10.4. The van der Waals surface area contributed by atoms with Gasteiger partial charge in [0.05, 0.1) is 6.20 Å². The van der Waals surface area contributed by atoms with Gasteiger partial charge in [-0.3, -0.25) is 4.79 Å². The molecule has 6 rings (SSSR count). The molecule has 5 aliphatic rings. The number of allylic oxidation sites excluding steroid dienone is 2. The van der Waals surface area contributed by atoms with Crippen molar-refractivity contribution in [3.05, 3.63) is 29.2 Å². The average Bonchev–Trinajstić information content (AvgIpc) is 3.24. The van der Waals surface area contributed by atoms with E-state index in [1.165, 1.54) is 12.0 Å². The third-order valence-electron chi connectivity index (χ3n) is 12.5. The van der Waals surface area contributed by atoms with E-state index in [1.54, 1.807) is 6.20 Å². The van der Waals surface area contributed by atoms with E-state index in [0.717, 1.165) is 50.5 Å². The van der Waals surface area contributed by atoms with Crippen molar-refractivity contribution in [3.8, 4) is 0 Å². The number of hydrogen-bond donors (Lipinski definition) is 2. The number of ketones is 1. The Morgan fingerprint density at radius 1 is 1.06 bits per heavy atom. The largest absolute Gasteiger partial charge is 0.382 e. The Kier molecular flexibility index (Phi) is 4.71. The molecule has 0 bridgehead atoms. The van der Waals surface area contributed by atoms with Crippen LogP contribution in [0.2, 0.25) is 0 Å². The van der Waals surface area contributed by atoms with E-state index in [-0.39, 0.29) is 39.0 Å². The number of hydrogen-bond acceptors (Lipinski definition) is 5. The molecule has 3 fully saturated rings. The molecule has 1 aromatic heterocycles. The molecule has 0 amide bonds. The van der Waals surface area contributed by atoms with Gasteiger partial charge in [0.2, 0.25) is 0 Å². The molecule has 1 aromatic rings. The van der Waals surface area contributed by atoms with Crippen molar-refractivity contribution in [2.24, 2.45) is 39.4 Å². The number of fused-ring (bicyclic) bond motifs is 8. The van der Waals surface area contributed by atoms with Gasteiger partial charge in [-0.15, -0.1) is 0 Å². The van der Waals surface area contributed by atoms with Crippen molar-refractivity contribution in [1.29, 1.82) is 0 Å². The number of nitrogens with zero attached hydrogens (tertiary/aromatic N) is 1. The fraction of sp³-hybridized carbons (Fsp3) is 0.800. The number of nitrogens with one attached hydrogen (secondary N) is 1. The summed E-state index contributed by atoms with van der Waals surface area (Å²) in [5.74, 6) is 1.38. The molecule has 0 radical (unpaired) electrons. The fourth-order valence-electron chi connectivity index (χ4n) is 10.4. The summed E-state index contributed by atoms with van der Waals surface area (Å²) in [5.41, 5.74) is 1.10. The standard InChI is InChI=1S/C30H44N2O3/c1-25(2)10-12-30(31-7)13-11-28(5)23(19(30)16-25)20(33)14-22-26(3)15-18-17-32-35-24(18)29(6,34)21(26)8-9-27(22,28)4/h14,17,19,21,23,31,34H,8-13,15-16H2,1-7H3/t19-,21+,23-,26-,27+,28+,29-,30-/m0/s1.